The average Bonchev–Trinajstić information content (AvgIpc) is 3.59. The smallest absolute Gasteiger partial charge is 0.234 e. The summed E-state index contributed by atoms with van der Waals surface area (Å²) in [6.07, 6.45) is 1.71. The van der Waals surface area contributed by atoms with Crippen molar-refractivity contribution in [2.24, 2.45) is 0 Å². The number of halogens is 1. The zero-order valence-corrected chi connectivity index (χ0v) is 21.4. The highest BCUT2D eigenvalue weighted by molar-refractivity contribution is 7.99. The summed E-state index contributed by atoms with van der Waals surface area (Å²) in [6.45, 7) is 1.04. The van der Waals surface area contributed by atoms with Crippen LogP contribution in [0.5, 0.6) is 0 Å². The molecule has 37 heavy (non-hydrogen) atoms. The third-order valence-electron chi connectivity index (χ3n) is 5.88. The molecule has 1 atom stereocenters. The highest BCUT2D eigenvalue weighted by Crippen LogP contribution is 2.32. The first kappa shape index (κ1) is 25.3. The molecular formula is C26H24FN5O3S2. The molecule has 0 spiro atoms. The Labute approximate surface area is 219 Å². The Kier molecular flexibility index (Phi) is 7.47. The summed E-state index contributed by atoms with van der Waals surface area (Å²) >= 11 is 1.18. The molecule has 0 bridgehead atoms. The highest BCUT2D eigenvalue weighted by atomic mass is 32.3. The molecule has 2 heterocycles. The van der Waals surface area contributed by atoms with Gasteiger partial charge in [-0.05, 0) is 49.2 Å². The van der Waals surface area contributed by atoms with Gasteiger partial charge in [-0.2, -0.15) is 0 Å². The Bertz CT molecular complexity index is 1460. The van der Waals surface area contributed by atoms with E-state index >= 15 is 0 Å². The van der Waals surface area contributed by atoms with Crippen LogP contribution in [0.1, 0.15) is 12.8 Å². The molecule has 1 amide bonds. The molecule has 3 aromatic carbocycles. The van der Waals surface area contributed by atoms with Gasteiger partial charge in [0.1, 0.15) is 5.82 Å². The van der Waals surface area contributed by atoms with Crippen molar-refractivity contribution in [2.45, 2.75) is 22.9 Å². The number of carbonyl (C=O) groups is 1. The van der Waals surface area contributed by atoms with Gasteiger partial charge in [0.05, 0.1) is 5.75 Å². The number of hydrogen-bond donors (Lipinski definition) is 1. The summed E-state index contributed by atoms with van der Waals surface area (Å²) in [5.74, 6) is -0.283. The number of nitrogens with one attached hydrogen (secondary N) is 1. The number of aromatic nitrogens is 3. The van der Waals surface area contributed by atoms with Crippen LogP contribution in [0.2, 0.25) is 0 Å². The Balaban J connectivity index is 1.44. The first-order valence-corrected chi connectivity index (χ1v) is 14.1. The van der Waals surface area contributed by atoms with Gasteiger partial charge in [0.25, 0.3) is 0 Å². The van der Waals surface area contributed by atoms with Gasteiger partial charge in [0, 0.05) is 36.1 Å². The van der Waals surface area contributed by atoms with E-state index in [1.807, 2.05) is 30.3 Å². The molecule has 1 fully saturated rings. The molecule has 0 aliphatic carbocycles. The minimum atomic E-state index is -3.60. The molecule has 1 saturated heterocycles. The van der Waals surface area contributed by atoms with Crippen LogP contribution < -0.4 is 5.32 Å². The van der Waals surface area contributed by atoms with Gasteiger partial charge in [0.15, 0.2) is 26.3 Å². The van der Waals surface area contributed by atoms with Gasteiger partial charge in [-0.1, -0.05) is 52.4 Å². The van der Waals surface area contributed by atoms with Gasteiger partial charge >= 0.3 is 0 Å². The first-order valence-electron chi connectivity index (χ1n) is 11.7. The highest BCUT2D eigenvalue weighted by Gasteiger charge is 2.33. The molecule has 190 valence electrons. The standard InChI is InChI=1S/C26H24FN5O3S2/c27-20-9-7-10-21(17-20)28-24(33)18-36-26-30-29-25(32(26)22-11-2-1-3-12-22)19-8-6-13-23(16-19)37(34,35)31-14-4-5-15-31/h1-3,6-13,16-17H,4-5,14-15,18H2,(H-,28,33,34,35). The number of thioether (sulfide) groups is 1. The maximum Gasteiger partial charge on any atom is 0.234 e. The van der Waals surface area contributed by atoms with Crippen LogP contribution in [0, 0.1) is 5.82 Å². The third-order valence-corrected chi connectivity index (χ3v) is 8.71. The summed E-state index contributed by atoms with van der Waals surface area (Å²) in [4.78, 5) is 12.7. The van der Waals surface area contributed by atoms with Crippen LogP contribution in [0.25, 0.3) is 17.1 Å². The Morgan fingerprint density at radius 3 is 2.51 bits per heavy atom. The Morgan fingerprint density at radius 2 is 1.76 bits per heavy atom. The van der Waals surface area contributed by atoms with Gasteiger partial charge in [0.2, 0.25) is 5.91 Å². The van der Waals surface area contributed by atoms with E-state index in [0.717, 1.165) is 18.5 Å². The fourth-order valence-corrected chi connectivity index (χ4v) is 6.44. The van der Waals surface area contributed by atoms with Crippen molar-refractivity contribution in [2.75, 3.05) is 24.2 Å². The van der Waals surface area contributed by atoms with E-state index in [9.17, 15) is 17.9 Å². The maximum absolute atomic E-state index is 13.4. The number of anilines is 1. The molecule has 1 N–H and O–H groups in total. The van der Waals surface area contributed by atoms with Gasteiger partial charge < -0.3 is 9.87 Å². The quantitative estimate of drug-likeness (QED) is 0.256. The Morgan fingerprint density at radius 1 is 1.00 bits per heavy atom. The fourth-order valence-electron chi connectivity index (χ4n) is 4.13. The van der Waals surface area contributed by atoms with E-state index in [2.05, 4.69) is 15.5 Å². The van der Waals surface area contributed by atoms with Crippen LogP contribution in [0.4, 0.5) is 10.1 Å². The minimum Gasteiger partial charge on any atom is -0.593 e. The summed E-state index contributed by atoms with van der Waals surface area (Å²) in [6, 6.07) is 21.8. The number of rotatable bonds is 8. The lowest BCUT2D eigenvalue weighted by Gasteiger charge is -2.23. The molecule has 1 aromatic heterocycles. The lowest BCUT2D eigenvalue weighted by atomic mass is 10.2. The summed E-state index contributed by atoms with van der Waals surface area (Å²) in [5.41, 5.74) is 1.72. The van der Waals surface area contributed by atoms with E-state index in [1.165, 1.54) is 34.3 Å². The summed E-state index contributed by atoms with van der Waals surface area (Å²) < 4.78 is 43.0. The van der Waals surface area contributed by atoms with Crippen molar-refractivity contribution in [3.05, 3.63) is 84.7 Å². The molecule has 0 radical (unpaired) electrons. The monoisotopic (exact) mass is 537 g/mol. The van der Waals surface area contributed by atoms with Crippen molar-refractivity contribution in [3.63, 3.8) is 0 Å². The minimum absolute atomic E-state index is 0.0187. The number of carbonyl (C=O) groups excluding carboxylic acids is 1. The average molecular weight is 538 g/mol. The molecule has 4 aromatic rings. The molecule has 5 rings (SSSR count). The number of nitrogens with zero attached hydrogens (tertiary/aromatic N) is 4. The number of benzene rings is 3. The zero-order valence-electron chi connectivity index (χ0n) is 19.7. The molecular weight excluding hydrogens is 513 g/mol. The van der Waals surface area contributed by atoms with Crippen molar-refractivity contribution < 1.29 is 17.9 Å². The number of sulfonamides is 1. The van der Waals surface area contributed by atoms with Crippen molar-refractivity contribution in [3.8, 4) is 17.1 Å². The summed E-state index contributed by atoms with van der Waals surface area (Å²) in [5, 5.41) is 11.8. The number of amides is 1. The number of para-hydroxylation sites is 1. The Hall–Kier alpha value is -3.38. The molecule has 1 unspecified atom stereocenters. The molecule has 8 nitrogen and oxygen atoms in total. The van der Waals surface area contributed by atoms with Crippen LogP contribution >= 0.6 is 11.8 Å². The van der Waals surface area contributed by atoms with E-state index in [-0.39, 0.29) is 16.6 Å². The predicted molar refractivity (Wildman–Crippen MR) is 140 cm³/mol. The maximum atomic E-state index is 13.4. The molecule has 1 aliphatic rings. The predicted octanol–water partition coefficient (Wildman–Crippen LogP) is 4.80. The van der Waals surface area contributed by atoms with E-state index in [1.54, 1.807) is 34.9 Å². The van der Waals surface area contributed by atoms with Crippen LogP contribution in [-0.2, 0) is 19.4 Å². The lowest BCUT2D eigenvalue weighted by molar-refractivity contribution is -0.113. The molecule has 11 heteroatoms. The van der Waals surface area contributed by atoms with Gasteiger partial charge in [-0.25, -0.2) is 4.39 Å². The third kappa shape index (κ3) is 5.64. The van der Waals surface area contributed by atoms with Crippen LogP contribution in [-0.4, -0.2) is 48.4 Å². The van der Waals surface area contributed by atoms with Crippen molar-refractivity contribution >= 4 is 33.8 Å². The van der Waals surface area contributed by atoms with Crippen LogP contribution in [0.3, 0.4) is 0 Å². The van der Waals surface area contributed by atoms with Crippen LogP contribution in [0.15, 0.2) is 88.9 Å². The first-order chi connectivity index (χ1) is 17.9. The van der Waals surface area contributed by atoms with Crippen molar-refractivity contribution in [1.82, 2.24) is 19.1 Å². The SMILES string of the molecule is O=C(CSc1nnc(-c2cccc([S+](=O)([O-])N3CCCC3)c2)n1-c1ccccc1)Nc1cccc(F)c1. The number of hydrogen-bond acceptors (Lipinski definition) is 6. The van der Waals surface area contributed by atoms with Gasteiger partial charge in [-0.15, -0.1) is 14.5 Å². The normalized spacial score (nSPS) is 15.4. The summed E-state index contributed by atoms with van der Waals surface area (Å²) in [7, 11) is -3.60. The van der Waals surface area contributed by atoms with E-state index in [4.69, 9.17) is 0 Å². The fraction of sp³-hybridized carbons (Fsp3) is 0.192. The van der Waals surface area contributed by atoms with E-state index in [0.29, 0.717) is 35.3 Å². The second-order valence-electron chi connectivity index (χ2n) is 8.46. The topological polar surface area (TPSA) is 103 Å². The van der Waals surface area contributed by atoms with Gasteiger partial charge in [-0.3, -0.25) is 9.36 Å². The second-order valence-corrected chi connectivity index (χ2v) is 11.3. The molecule has 0 saturated carbocycles. The van der Waals surface area contributed by atoms with Crippen molar-refractivity contribution in [1.29, 1.82) is 0 Å². The largest absolute Gasteiger partial charge is 0.593 e. The van der Waals surface area contributed by atoms with E-state index < -0.39 is 16.2 Å². The zero-order chi connectivity index (χ0) is 25.8. The second kappa shape index (κ2) is 10.9. The molecule has 1 aliphatic heterocycles. The lowest BCUT2D eigenvalue weighted by Crippen LogP contribution is -2.33.